The van der Waals surface area contributed by atoms with Crippen molar-refractivity contribution in [2.24, 2.45) is 11.5 Å². The van der Waals surface area contributed by atoms with Gasteiger partial charge in [-0.15, -0.1) is 0 Å². The minimum atomic E-state index is 0.375. The molecule has 0 radical (unpaired) electrons. The summed E-state index contributed by atoms with van der Waals surface area (Å²) in [6.07, 6.45) is 4.66. The van der Waals surface area contributed by atoms with Crippen LogP contribution >= 0.6 is 0 Å². The number of nitrogens with two attached hydrogens (primary N) is 2. The Labute approximate surface area is 99.7 Å². The second-order valence-electron chi connectivity index (χ2n) is 4.08. The molecule has 5 heteroatoms. The summed E-state index contributed by atoms with van der Waals surface area (Å²) in [4.78, 5) is 0. The van der Waals surface area contributed by atoms with Crippen molar-refractivity contribution in [2.75, 3.05) is 33.7 Å². The predicted molar refractivity (Wildman–Crippen MR) is 70.3 cm³/mol. The molecule has 0 amide bonds. The van der Waals surface area contributed by atoms with Crippen LogP contribution in [0, 0.1) is 0 Å². The molecule has 0 aliphatic heterocycles. The summed E-state index contributed by atoms with van der Waals surface area (Å²) in [7, 11) is 3.93. The molecule has 0 rings (SSSR count). The monoisotopic (exact) mass is 231 g/mol. The Hall–Kier alpha value is -0.200. The van der Waals surface area contributed by atoms with Gasteiger partial charge in [0.1, 0.15) is 0 Å². The van der Waals surface area contributed by atoms with Crippen LogP contribution in [0.25, 0.3) is 0 Å². The van der Waals surface area contributed by atoms with Crippen molar-refractivity contribution in [2.45, 2.75) is 37.9 Å². The van der Waals surface area contributed by atoms with Gasteiger partial charge in [-0.3, -0.25) is 0 Å². The summed E-state index contributed by atoms with van der Waals surface area (Å²) in [5.74, 6) is 0. The fourth-order valence-corrected chi connectivity index (χ4v) is 1.78. The summed E-state index contributed by atoms with van der Waals surface area (Å²) in [6.45, 7) is 2.50. The Bertz CT molecular complexity index is 138. The van der Waals surface area contributed by atoms with Crippen LogP contribution in [0.3, 0.4) is 0 Å². The van der Waals surface area contributed by atoms with Gasteiger partial charge in [0.05, 0.1) is 6.17 Å². The molecule has 0 fully saturated rings. The first-order chi connectivity index (χ1) is 7.78. The van der Waals surface area contributed by atoms with Gasteiger partial charge in [-0.2, -0.15) is 0 Å². The minimum absolute atomic E-state index is 0.375. The van der Waals surface area contributed by atoms with E-state index < -0.39 is 0 Å². The van der Waals surface area contributed by atoms with Crippen molar-refractivity contribution in [3.05, 3.63) is 0 Å². The fraction of sp³-hybridized carbons (Fsp3) is 1.00. The van der Waals surface area contributed by atoms with Crippen LogP contribution < -0.4 is 27.4 Å². The van der Waals surface area contributed by atoms with E-state index in [1.54, 1.807) is 0 Å². The quantitative estimate of drug-likeness (QED) is 0.300. The first-order valence-electron chi connectivity index (χ1n) is 6.26. The highest BCUT2D eigenvalue weighted by atomic mass is 15.1. The zero-order chi connectivity index (χ0) is 12.2. The van der Waals surface area contributed by atoms with Gasteiger partial charge in [0, 0.05) is 6.04 Å². The molecule has 98 valence electrons. The van der Waals surface area contributed by atoms with Crippen LogP contribution in [-0.2, 0) is 0 Å². The Morgan fingerprint density at radius 3 is 2.12 bits per heavy atom. The highest BCUT2D eigenvalue weighted by Gasteiger charge is 2.07. The van der Waals surface area contributed by atoms with Gasteiger partial charge < -0.3 is 27.4 Å². The van der Waals surface area contributed by atoms with E-state index in [4.69, 9.17) is 11.5 Å². The molecule has 0 heterocycles. The molecule has 0 aliphatic rings. The smallest absolute Gasteiger partial charge is 0.0579 e. The average Bonchev–Trinajstić information content (AvgIpc) is 2.31. The minimum Gasteiger partial charge on any atom is -0.330 e. The van der Waals surface area contributed by atoms with E-state index in [2.05, 4.69) is 16.0 Å². The maximum absolute atomic E-state index is 5.59. The van der Waals surface area contributed by atoms with Crippen molar-refractivity contribution >= 4 is 0 Å². The molecule has 5 nitrogen and oxygen atoms in total. The molecule has 0 spiro atoms. The normalized spacial score (nSPS) is 13.3. The summed E-state index contributed by atoms with van der Waals surface area (Å²) < 4.78 is 0. The fourth-order valence-electron chi connectivity index (χ4n) is 1.78. The van der Waals surface area contributed by atoms with Gasteiger partial charge in [0.2, 0.25) is 0 Å². The third-order valence-electron chi connectivity index (χ3n) is 2.83. The third-order valence-corrected chi connectivity index (χ3v) is 2.83. The highest BCUT2D eigenvalue weighted by molar-refractivity contribution is 4.69. The molecule has 0 aliphatic carbocycles. The molecule has 1 unspecified atom stereocenters. The van der Waals surface area contributed by atoms with Crippen LogP contribution in [0.4, 0.5) is 0 Å². The largest absolute Gasteiger partial charge is 0.330 e. The van der Waals surface area contributed by atoms with Gasteiger partial charge in [-0.25, -0.2) is 0 Å². The summed E-state index contributed by atoms with van der Waals surface area (Å²) in [6, 6.07) is 0.517. The number of hydrogen-bond acceptors (Lipinski definition) is 5. The molecular weight excluding hydrogens is 202 g/mol. The van der Waals surface area contributed by atoms with E-state index in [1.165, 1.54) is 0 Å². The van der Waals surface area contributed by atoms with Crippen molar-refractivity contribution < 1.29 is 0 Å². The topological polar surface area (TPSA) is 88.1 Å². The number of hydrogen-bond donors (Lipinski definition) is 5. The van der Waals surface area contributed by atoms with Gasteiger partial charge in [-0.05, 0) is 59.4 Å². The predicted octanol–water partition coefficient (Wildman–Crippen LogP) is -0.813. The standard InChI is InChI=1S/C11H29N5/c1-14-11(15-2)6-9-16-10(5-8-13)4-3-7-12/h10-11,14-16H,3-9,12-13H2,1-2H3. The first-order valence-corrected chi connectivity index (χ1v) is 6.26. The maximum Gasteiger partial charge on any atom is 0.0579 e. The van der Waals surface area contributed by atoms with Crippen molar-refractivity contribution in [1.29, 1.82) is 0 Å². The zero-order valence-electron chi connectivity index (χ0n) is 10.8. The van der Waals surface area contributed by atoms with Crippen LogP contribution in [0.15, 0.2) is 0 Å². The lowest BCUT2D eigenvalue weighted by molar-refractivity contribution is 0.399. The van der Waals surface area contributed by atoms with Crippen molar-refractivity contribution in [3.63, 3.8) is 0 Å². The summed E-state index contributed by atoms with van der Waals surface area (Å²) in [5, 5.41) is 9.95. The van der Waals surface area contributed by atoms with Crippen LogP contribution in [0.5, 0.6) is 0 Å². The SMILES string of the molecule is CNC(CCNC(CCN)CCCN)NC. The summed E-state index contributed by atoms with van der Waals surface area (Å²) >= 11 is 0. The molecule has 0 saturated heterocycles. The van der Waals surface area contributed by atoms with Gasteiger partial charge in [0.15, 0.2) is 0 Å². The molecule has 1 atom stereocenters. The molecular formula is C11H29N5. The third kappa shape index (κ3) is 8.01. The van der Waals surface area contributed by atoms with E-state index in [1.807, 2.05) is 14.1 Å². The second kappa shape index (κ2) is 11.3. The Morgan fingerprint density at radius 2 is 1.62 bits per heavy atom. The van der Waals surface area contributed by atoms with E-state index in [0.717, 1.165) is 45.3 Å². The van der Waals surface area contributed by atoms with Crippen molar-refractivity contribution in [1.82, 2.24) is 16.0 Å². The molecule has 0 aromatic heterocycles. The van der Waals surface area contributed by atoms with Crippen LogP contribution in [0.2, 0.25) is 0 Å². The second-order valence-corrected chi connectivity index (χ2v) is 4.08. The average molecular weight is 231 g/mol. The molecule has 16 heavy (non-hydrogen) atoms. The van der Waals surface area contributed by atoms with Crippen LogP contribution in [-0.4, -0.2) is 45.9 Å². The number of rotatable bonds is 11. The molecule has 0 aromatic rings. The Morgan fingerprint density at radius 1 is 0.938 bits per heavy atom. The van der Waals surface area contributed by atoms with E-state index in [9.17, 15) is 0 Å². The lowest BCUT2D eigenvalue weighted by atomic mass is 10.1. The molecule has 0 saturated carbocycles. The van der Waals surface area contributed by atoms with Gasteiger partial charge >= 0.3 is 0 Å². The van der Waals surface area contributed by atoms with Gasteiger partial charge in [-0.1, -0.05) is 0 Å². The zero-order valence-corrected chi connectivity index (χ0v) is 10.8. The maximum atomic E-state index is 5.59. The molecule has 0 aromatic carbocycles. The highest BCUT2D eigenvalue weighted by Crippen LogP contribution is 2.00. The lowest BCUT2D eigenvalue weighted by Gasteiger charge is -2.20. The van der Waals surface area contributed by atoms with Crippen molar-refractivity contribution in [3.8, 4) is 0 Å². The Kier molecular flexibility index (Phi) is 11.1. The Balaban J connectivity index is 3.65. The van der Waals surface area contributed by atoms with E-state index in [0.29, 0.717) is 12.2 Å². The lowest BCUT2D eigenvalue weighted by Crippen LogP contribution is -2.42. The van der Waals surface area contributed by atoms with Gasteiger partial charge in [0.25, 0.3) is 0 Å². The van der Waals surface area contributed by atoms with E-state index in [-0.39, 0.29) is 0 Å². The number of nitrogens with one attached hydrogen (secondary N) is 3. The molecule has 7 N–H and O–H groups in total. The van der Waals surface area contributed by atoms with E-state index >= 15 is 0 Å². The summed E-state index contributed by atoms with van der Waals surface area (Å²) in [5.41, 5.74) is 11.1. The molecule has 0 bridgehead atoms. The first kappa shape index (κ1) is 15.8. The van der Waals surface area contributed by atoms with Crippen LogP contribution in [0.1, 0.15) is 25.7 Å².